The fourth-order valence-electron chi connectivity index (χ4n) is 1.15. The van der Waals surface area contributed by atoms with Gasteiger partial charge in [0.25, 0.3) is 0 Å². The van der Waals surface area contributed by atoms with Crippen molar-refractivity contribution in [3.8, 4) is 0 Å². The molecule has 5 heteroatoms. The molecule has 16 heavy (non-hydrogen) atoms. The monoisotopic (exact) mass is 230 g/mol. The van der Waals surface area contributed by atoms with E-state index in [4.69, 9.17) is 5.11 Å². The lowest BCUT2D eigenvalue weighted by molar-refractivity contribution is -0.122. The van der Waals surface area contributed by atoms with Crippen LogP contribution in [0.5, 0.6) is 0 Å². The van der Waals surface area contributed by atoms with Gasteiger partial charge in [-0.25, -0.2) is 0 Å². The Bertz CT molecular complexity index is 207. The van der Waals surface area contributed by atoms with Gasteiger partial charge < -0.3 is 15.7 Å². The first-order valence-corrected chi connectivity index (χ1v) is 5.85. The molecule has 0 aliphatic heterocycles. The van der Waals surface area contributed by atoms with Gasteiger partial charge in [-0.2, -0.15) is 0 Å². The maximum absolute atomic E-state index is 11.2. The van der Waals surface area contributed by atoms with Gasteiger partial charge in [-0.15, -0.1) is 0 Å². The van der Waals surface area contributed by atoms with Gasteiger partial charge in [-0.1, -0.05) is 6.92 Å². The molecule has 0 rings (SSSR count). The van der Waals surface area contributed by atoms with E-state index in [0.29, 0.717) is 38.8 Å². The lowest BCUT2D eigenvalue weighted by atomic mass is 10.2. The minimum absolute atomic E-state index is 0.0301. The predicted octanol–water partition coefficient (Wildman–Crippen LogP) is 0.182. The molecule has 0 aliphatic rings. The maximum Gasteiger partial charge on any atom is 0.221 e. The number of aliphatic hydroxyl groups is 1. The first-order chi connectivity index (χ1) is 7.70. The summed E-state index contributed by atoms with van der Waals surface area (Å²) < 4.78 is 0. The second-order valence-corrected chi connectivity index (χ2v) is 3.63. The van der Waals surface area contributed by atoms with Crippen LogP contribution in [0.2, 0.25) is 0 Å². The van der Waals surface area contributed by atoms with Gasteiger partial charge in [0.05, 0.1) is 0 Å². The Morgan fingerprint density at radius 1 is 1.00 bits per heavy atom. The summed E-state index contributed by atoms with van der Waals surface area (Å²) in [6.45, 7) is 3.17. The normalized spacial score (nSPS) is 9.88. The van der Waals surface area contributed by atoms with Crippen LogP contribution in [0.25, 0.3) is 0 Å². The van der Waals surface area contributed by atoms with Gasteiger partial charge in [0.1, 0.15) is 0 Å². The molecule has 0 fully saturated rings. The van der Waals surface area contributed by atoms with Gasteiger partial charge >= 0.3 is 0 Å². The number of rotatable bonds is 9. The molecule has 5 nitrogen and oxygen atoms in total. The average Bonchev–Trinajstić information content (AvgIpc) is 2.26. The van der Waals surface area contributed by atoms with Gasteiger partial charge in [0, 0.05) is 32.5 Å². The Kier molecular flexibility index (Phi) is 9.70. The third-order valence-corrected chi connectivity index (χ3v) is 2.06. The molecule has 0 spiro atoms. The zero-order valence-electron chi connectivity index (χ0n) is 9.92. The molecular formula is C11H22N2O3. The number of carbonyl (C=O) groups excluding carboxylic acids is 2. The van der Waals surface area contributed by atoms with Crippen molar-refractivity contribution in [2.45, 2.75) is 39.0 Å². The number of nitrogens with one attached hydrogen (secondary N) is 2. The van der Waals surface area contributed by atoms with Crippen LogP contribution in [0, 0.1) is 0 Å². The van der Waals surface area contributed by atoms with Crippen molar-refractivity contribution >= 4 is 11.8 Å². The van der Waals surface area contributed by atoms with Crippen molar-refractivity contribution in [2.24, 2.45) is 0 Å². The fraction of sp³-hybridized carbons (Fsp3) is 0.818. The highest BCUT2D eigenvalue weighted by atomic mass is 16.3. The SMILES string of the molecule is CCCNC(=O)CCNC(=O)CCCCO. The fourth-order valence-corrected chi connectivity index (χ4v) is 1.15. The van der Waals surface area contributed by atoms with E-state index in [-0.39, 0.29) is 18.4 Å². The topological polar surface area (TPSA) is 78.4 Å². The number of hydrogen-bond donors (Lipinski definition) is 3. The van der Waals surface area contributed by atoms with Crippen LogP contribution in [-0.4, -0.2) is 36.6 Å². The molecule has 0 aliphatic carbocycles. The van der Waals surface area contributed by atoms with Crippen LogP contribution in [0.3, 0.4) is 0 Å². The van der Waals surface area contributed by atoms with Crippen LogP contribution in [-0.2, 0) is 9.59 Å². The van der Waals surface area contributed by atoms with Gasteiger partial charge in [-0.3, -0.25) is 9.59 Å². The lowest BCUT2D eigenvalue weighted by Gasteiger charge is -2.05. The van der Waals surface area contributed by atoms with E-state index in [0.717, 1.165) is 6.42 Å². The zero-order valence-corrected chi connectivity index (χ0v) is 9.92. The summed E-state index contributed by atoms with van der Waals surface area (Å²) in [6, 6.07) is 0. The predicted molar refractivity (Wildman–Crippen MR) is 61.9 cm³/mol. The summed E-state index contributed by atoms with van der Waals surface area (Å²) in [7, 11) is 0. The quantitative estimate of drug-likeness (QED) is 0.494. The van der Waals surface area contributed by atoms with E-state index in [1.165, 1.54) is 0 Å². The van der Waals surface area contributed by atoms with Crippen LogP contribution in [0.4, 0.5) is 0 Å². The highest BCUT2D eigenvalue weighted by Gasteiger charge is 2.03. The highest BCUT2D eigenvalue weighted by Crippen LogP contribution is 1.93. The summed E-state index contributed by atoms with van der Waals surface area (Å²) in [5, 5.41) is 13.9. The van der Waals surface area contributed by atoms with Crippen molar-refractivity contribution in [2.75, 3.05) is 19.7 Å². The highest BCUT2D eigenvalue weighted by molar-refractivity contribution is 5.78. The molecule has 0 unspecified atom stereocenters. The molecule has 2 amide bonds. The van der Waals surface area contributed by atoms with E-state index >= 15 is 0 Å². The molecule has 0 bridgehead atoms. The van der Waals surface area contributed by atoms with E-state index in [2.05, 4.69) is 10.6 Å². The summed E-state index contributed by atoms with van der Waals surface area (Å²) >= 11 is 0. The maximum atomic E-state index is 11.2. The van der Waals surface area contributed by atoms with E-state index < -0.39 is 0 Å². The van der Waals surface area contributed by atoms with Crippen LogP contribution >= 0.6 is 0 Å². The summed E-state index contributed by atoms with van der Waals surface area (Å²) in [6.07, 6.45) is 2.98. The zero-order chi connectivity index (χ0) is 12.2. The van der Waals surface area contributed by atoms with E-state index in [9.17, 15) is 9.59 Å². The molecular weight excluding hydrogens is 208 g/mol. The molecule has 3 N–H and O–H groups in total. The van der Waals surface area contributed by atoms with E-state index in [1.54, 1.807) is 0 Å². The molecule has 0 atom stereocenters. The smallest absolute Gasteiger partial charge is 0.221 e. The number of carbonyl (C=O) groups is 2. The van der Waals surface area contributed by atoms with Crippen molar-refractivity contribution < 1.29 is 14.7 Å². The number of aliphatic hydroxyl groups excluding tert-OH is 1. The molecule has 0 aromatic heterocycles. The Hall–Kier alpha value is -1.10. The van der Waals surface area contributed by atoms with Crippen molar-refractivity contribution in [1.82, 2.24) is 10.6 Å². The third kappa shape index (κ3) is 9.45. The molecule has 0 radical (unpaired) electrons. The largest absolute Gasteiger partial charge is 0.396 e. The van der Waals surface area contributed by atoms with Gasteiger partial charge in [0.15, 0.2) is 0 Å². The van der Waals surface area contributed by atoms with Crippen LogP contribution in [0.1, 0.15) is 39.0 Å². The van der Waals surface area contributed by atoms with Crippen LogP contribution < -0.4 is 10.6 Å². The second kappa shape index (κ2) is 10.4. The van der Waals surface area contributed by atoms with E-state index in [1.807, 2.05) is 6.92 Å². The molecule has 0 aromatic carbocycles. The minimum Gasteiger partial charge on any atom is -0.396 e. The summed E-state index contributed by atoms with van der Waals surface area (Å²) in [5.74, 6) is -0.0887. The summed E-state index contributed by atoms with van der Waals surface area (Å²) in [4.78, 5) is 22.3. The van der Waals surface area contributed by atoms with Crippen molar-refractivity contribution in [3.05, 3.63) is 0 Å². The Labute approximate surface area is 96.6 Å². The molecule has 0 saturated carbocycles. The molecule has 0 heterocycles. The Morgan fingerprint density at radius 2 is 1.62 bits per heavy atom. The Balaban J connectivity index is 3.36. The van der Waals surface area contributed by atoms with Crippen LogP contribution in [0.15, 0.2) is 0 Å². The number of hydrogen-bond acceptors (Lipinski definition) is 3. The number of unbranched alkanes of at least 4 members (excludes halogenated alkanes) is 1. The first kappa shape index (κ1) is 14.9. The second-order valence-electron chi connectivity index (χ2n) is 3.63. The van der Waals surface area contributed by atoms with Crippen molar-refractivity contribution in [3.63, 3.8) is 0 Å². The van der Waals surface area contributed by atoms with Crippen molar-refractivity contribution in [1.29, 1.82) is 0 Å². The molecule has 0 saturated heterocycles. The standard InChI is InChI=1S/C11H22N2O3/c1-2-7-12-11(16)6-8-13-10(15)5-3-4-9-14/h14H,2-9H2,1H3,(H,12,16)(H,13,15). The first-order valence-electron chi connectivity index (χ1n) is 5.85. The minimum atomic E-state index is -0.0586. The lowest BCUT2D eigenvalue weighted by Crippen LogP contribution is -2.30. The molecule has 94 valence electrons. The number of amides is 2. The molecule has 0 aromatic rings. The third-order valence-electron chi connectivity index (χ3n) is 2.06. The van der Waals surface area contributed by atoms with Gasteiger partial charge in [-0.05, 0) is 19.3 Å². The Morgan fingerprint density at radius 3 is 2.25 bits per heavy atom. The van der Waals surface area contributed by atoms with Gasteiger partial charge in [0.2, 0.25) is 11.8 Å². The average molecular weight is 230 g/mol. The summed E-state index contributed by atoms with van der Waals surface area (Å²) in [5.41, 5.74) is 0.